The largest absolute Gasteiger partial charge is 0.461 e. The average Bonchev–Trinajstić information content (AvgIpc) is 2.49. The Kier molecular flexibility index (Phi) is 5.43. The third-order valence-corrected chi connectivity index (χ3v) is 2.14. The number of esters is 1. The lowest BCUT2D eigenvalue weighted by Gasteiger charge is -2.18. The minimum atomic E-state index is -2.57. The summed E-state index contributed by atoms with van der Waals surface area (Å²) in [5.74, 6) is -2.50. The van der Waals surface area contributed by atoms with E-state index in [1.165, 1.54) is 0 Å². The van der Waals surface area contributed by atoms with Crippen LogP contribution in [0.4, 0.5) is 0 Å². The Morgan fingerprint density at radius 2 is 2.24 bits per heavy atom. The summed E-state index contributed by atoms with van der Waals surface area (Å²) in [7, 11) is 0. The van der Waals surface area contributed by atoms with E-state index in [1.807, 2.05) is 0 Å². The summed E-state index contributed by atoms with van der Waals surface area (Å²) < 4.78 is 52.0. The van der Waals surface area contributed by atoms with E-state index < -0.39 is 56.7 Å². The first kappa shape index (κ1) is 10.6. The molecule has 0 aliphatic carbocycles. The summed E-state index contributed by atoms with van der Waals surface area (Å²) in [4.78, 5) is 38.2. The number of carbonyl (C=O) groups is 3. The number of nitrogens with zero attached hydrogens (tertiary/aromatic N) is 1. The molecule has 118 valence electrons. The molecule has 8 heteroatoms. The predicted octanol–water partition coefficient (Wildman–Crippen LogP) is 0.119. The minimum Gasteiger partial charge on any atom is -0.461 e. The van der Waals surface area contributed by atoms with Crippen molar-refractivity contribution in [2.45, 2.75) is 45.6 Å². The van der Waals surface area contributed by atoms with Crippen LogP contribution >= 0.6 is 0 Å². The summed E-state index contributed by atoms with van der Waals surface area (Å²) in [5.41, 5.74) is 6.57. The summed E-state index contributed by atoms with van der Waals surface area (Å²) in [6, 6.07) is -1.36. The van der Waals surface area contributed by atoms with Crippen LogP contribution in [0.15, 0.2) is 0 Å². The van der Waals surface area contributed by atoms with Crippen molar-refractivity contribution >= 4 is 23.9 Å². The van der Waals surface area contributed by atoms with Crippen LogP contribution in [0.3, 0.4) is 0 Å². The van der Waals surface area contributed by atoms with Crippen molar-refractivity contribution in [2.75, 3.05) is 13.2 Å². The SMILES string of the molecule is [2H]C([2H])([2H])COCC(=O)N[C@@H](CCC(=O)C=[N+]=N)C(=O)OC(C)C([2H])([2H])[2H]. The third-order valence-electron chi connectivity index (χ3n) is 2.14. The van der Waals surface area contributed by atoms with Gasteiger partial charge in [0.25, 0.3) is 0 Å². The number of Topliss-reactive ketones (excluding diaryl/α,β-unsaturated/α-hetero) is 1. The molecule has 0 saturated heterocycles. The minimum absolute atomic E-state index is 0.234. The molecular formula is C13H22N3O5+. The molecule has 2 N–H and O–H groups in total. The number of hydrogen-bond acceptors (Lipinski definition) is 6. The van der Waals surface area contributed by atoms with Crippen molar-refractivity contribution in [3.05, 3.63) is 0 Å². The Hall–Kier alpha value is -2.05. The van der Waals surface area contributed by atoms with Crippen LogP contribution in [-0.4, -0.2) is 54.0 Å². The molecule has 0 aliphatic heterocycles. The highest BCUT2D eigenvalue weighted by Gasteiger charge is 2.24. The molecule has 1 amide bonds. The fourth-order valence-corrected chi connectivity index (χ4v) is 1.31. The molecule has 0 aromatic rings. The molecule has 0 bridgehead atoms. The summed E-state index contributed by atoms with van der Waals surface area (Å²) in [5, 5.41) is 2.21. The first-order valence-electron chi connectivity index (χ1n) is 9.06. The van der Waals surface area contributed by atoms with Gasteiger partial charge < -0.3 is 14.8 Å². The van der Waals surface area contributed by atoms with Crippen molar-refractivity contribution in [1.82, 2.24) is 5.32 Å². The molecular weight excluding hydrogens is 278 g/mol. The maximum atomic E-state index is 12.1. The van der Waals surface area contributed by atoms with E-state index in [9.17, 15) is 14.4 Å². The van der Waals surface area contributed by atoms with Gasteiger partial charge in [-0.25, -0.2) is 4.79 Å². The van der Waals surface area contributed by atoms with Crippen LogP contribution in [-0.2, 0) is 23.9 Å². The van der Waals surface area contributed by atoms with Gasteiger partial charge in [-0.05, 0) is 27.0 Å². The molecule has 0 rings (SSSR count). The lowest BCUT2D eigenvalue weighted by molar-refractivity contribution is -0.152. The highest BCUT2D eigenvalue weighted by Crippen LogP contribution is 2.03. The zero-order valence-electron chi connectivity index (χ0n) is 17.5. The number of hydrogen-bond donors (Lipinski definition) is 2. The lowest BCUT2D eigenvalue weighted by atomic mass is 10.1. The van der Waals surface area contributed by atoms with E-state index in [-0.39, 0.29) is 12.8 Å². The number of ketones is 1. The average molecular weight is 306 g/mol. The monoisotopic (exact) mass is 306 g/mol. The quantitative estimate of drug-likeness (QED) is 0.257. The first-order chi connectivity index (χ1) is 12.3. The Morgan fingerprint density at radius 3 is 2.86 bits per heavy atom. The Bertz CT molecular complexity index is 586. The highest BCUT2D eigenvalue weighted by atomic mass is 16.5. The van der Waals surface area contributed by atoms with Crippen LogP contribution in [0, 0.1) is 5.53 Å². The van der Waals surface area contributed by atoms with Crippen LogP contribution in [0.5, 0.6) is 0 Å². The van der Waals surface area contributed by atoms with Gasteiger partial charge in [0.2, 0.25) is 11.7 Å². The maximum absolute atomic E-state index is 12.1. The van der Waals surface area contributed by atoms with E-state index >= 15 is 0 Å². The molecule has 0 aromatic heterocycles. The second-order valence-corrected chi connectivity index (χ2v) is 3.96. The zero-order chi connectivity index (χ0) is 21.3. The van der Waals surface area contributed by atoms with Gasteiger partial charge in [0.15, 0.2) is 0 Å². The van der Waals surface area contributed by atoms with Crippen LogP contribution < -0.4 is 5.32 Å². The van der Waals surface area contributed by atoms with Gasteiger partial charge in [0.05, 0.1) is 16.4 Å². The maximum Gasteiger partial charge on any atom is 0.372 e. The smallest absolute Gasteiger partial charge is 0.372 e. The molecule has 0 fully saturated rings. The summed E-state index contributed by atoms with van der Waals surface area (Å²) in [6.07, 6.45) is -1.22. The summed E-state index contributed by atoms with van der Waals surface area (Å²) in [6.45, 7) is -5.14. The normalized spacial score (nSPS) is 18.1. The number of nitrogens with one attached hydrogen (secondary N) is 2. The second kappa shape index (κ2) is 10.7. The lowest BCUT2D eigenvalue weighted by Crippen LogP contribution is -2.44. The van der Waals surface area contributed by atoms with Crippen molar-refractivity contribution in [2.24, 2.45) is 0 Å². The number of carbonyl (C=O) groups excluding carboxylic acids is 3. The fourth-order valence-electron chi connectivity index (χ4n) is 1.31. The molecule has 0 heterocycles. The highest BCUT2D eigenvalue weighted by molar-refractivity contribution is 6.25. The van der Waals surface area contributed by atoms with E-state index in [0.717, 1.165) is 6.92 Å². The van der Waals surface area contributed by atoms with Gasteiger partial charge in [-0.15, -0.1) is 0 Å². The molecule has 2 atom stereocenters. The van der Waals surface area contributed by atoms with E-state index in [2.05, 4.69) is 10.1 Å². The van der Waals surface area contributed by atoms with Gasteiger partial charge >= 0.3 is 12.2 Å². The van der Waals surface area contributed by atoms with Gasteiger partial charge in [0, 0.05) is 21.3 Å². The van der Waals surface area contributed by atoms with Gasteiger partial charge in [-0.1, -0.05) is 0 Å². The molecule has 0 radical (unpaired) electrons. The zero-order valence-corrected chi connectivity index (χ0v) is 11.5. The number of ether oxygens (including phenoxy) is 2. The van der Waals surface area contributed by atoms with E-state index in [0.29, 0.717) is 6.21 Å². The van der Waals surface area contributed by atoms with Crippen LogP contribution in [0.2, 0.25) is 0 Å². The van der Waals surface area contributed by atoms with E-state index in [4.69, 9.17) is 23.2 Å². The first-order valence-corrected chi connectivity index (χ1v) is 6.06. The Balaban J connectivity index is 4.91. The van der Waals surface area contributed by atoms with Gasteiger partial charge in [-0.2, -0.15) is 0 Å². The molecule has 0 spiro atoms. The van der Waals surface area contributed by atoms with Crippen molar-refractivity contribution < 1.29 is 36.9 Å². The molecule has 0 saturated carbocycles. The molecule has 0 aromatic carbocycles. The Labute approximate surface area is 131 Å². The molecule has 8 nitrogen and oxygen atoms in total. The molecule has 1 unspecified atom stereocenters. The van der Waals surface area contributed by atoms with Gasteiger partial charge in [0.1, 0.15) is 12.6 Å². The van der Waals surface area contributed by atoms with Crippen molar-refractivity contribution in [3.63, 3.8) is 0 Å². The fraction of sp³-hybridized carbons (Fsp3) is 0.692. The second-order valence-electron chi connectivity index (χ2n) is 3.96. The standard InChI is InChI=1S/C13H21N3O5/c1-4-20-8-12(18)16-11(13(19)21-9(2)3)6-5-10(17)7-15-14/h7,9,11,14H,4-6,8H2,1-3H3/p+1/t11-/m0/s1/i1D3,2D3/t9?,11-. The predicted molar refractivity (Wildman–Crippen MR) is 72.9 cm³/mol. The Morgan fingerprint density at radius 1 is 1.48 bits per heavy atom. The van der Waals surface area contributed by atoms with Crippen LogP contribution in [0.1, 0.15) is 41.7 Å². The third kappa shape index (κ3) is 9.48. The summed E-state index contributed by atoms with van der Waals surface area (Å²) >= 11 is 0. The van der Waals surface area contributed by atoms with E-state index in [1.54, 1.807) is 0 Å². The topological polar surface area (TPSA) is 120 Å². The molecule has 0 aliphatic rings. The van der Waals surface area contributed by atoms with Gasteiger partial charge in [-0.3, -0.25) is 9.59 Å². The molecule has 21 heavy (non-hydrogen) atoms. The van der Waals surface area contributed by atoms with Crippen molar-refractivity contribution in [3.8, 4) is 0 Å². The van der Waals surface area contributed by atoms with Crippen molar-refractivity contribution in [1.29, 1.82) is 5.53 Å². The van der Waals surface area contributed by atoms with Crippen LogP contribution in [0.25, 0.3) is 0 Å². The number of amides is 1. The number of rotatable bonds is 10.